The SMILES string of the molecule is CC(NC(=O)C(C)N1CCN(c2ncnc3sccc23)CC1)c1ccc(F)cc1. The summed E-state index contributed by atoms with van der Waals surface area (Å²) in [5, 5.41) is 6.16. The molecule has 0 spiro atoms. The maximum absolute atomic E-state index is 13.1. The van der Waals surface area contributed by atoms with Crippen LogP contribution in [0.15, 0.2) is 42.0 Å². The van der Waals surface area contributed by atoms with E-state index in [1.54, 1.807) is 29.8 Å². The van der Waals surface area contributed by atoms with Gasteiger partial charge in [0.25, 0.3) is 0 Å². The minimum absolute atomic E-state index is 0.0162. The lowest BCUT2D eigenvalue weighted by Gasteiger charge is -2.38. The fourth-order valence-electron chi connectivity index (χ4n) is 3.68. The summed E-state index contributed by atoms with van der Waals surface area (Å²) in [5.41, 5.74) is 0.889. The molecular weight excluding hydrogens is 389 g/mol. The molecule has 1 fully saturated rings. The van der Waals surface area contributed by atoms with Gasteiger partial charge in [0.2, 0.25) is 5.91 Å². The van der Waals surface area contributed by atoms with Gasteiger partial charge in [0.15, 0.2) is 0 Å². The first-order valence-electron chi connectivity index (χ1n) is 9.76. The fourth-order valence-corrected chi connectivity index (χ4v) is 4.41. The molecule has 0 aliphatic carbocycles. The molecule has 3 aromatic rings. The number of fused-ring (bicyclic) bond motifs is 1. The molecule has 1 aliphatic heterocycles. The van der Waals surface area contributed by atoms with Crippen LogP contribution < -0.4 is 10.2 Å². The van der Waals surface area contributed by atoms with Gasteiger partial charge in [-0.15, -0.1) is 11.3 Å². The number of benzene rings is 1. The number of hydrogen-bond acceptors (Lipinski definition) is 6. The Balaban J connectivity index is 1.34. The number of halogens is 1. The molecular formula is C21H24FN5OS. The highest BCUT2D eigenvalue weighted by Gasteiger charge is 2.27. The number of aromatic nitrogens is 2. The molecule has 8 heteroatoms. The van der Waals surface area contributed by atoms with Gasteiger partial charge < -0.3 is 10.2 Å². The lowest BCUT2D eigenvalue weighted by Crippen LogP contribution is -2.54. The summed E-state index contributed by atoms with van der Waals surface area (Å²) in [7, 11) is 0. The maximum atomic E-state index is 13.1. The lowest BCUT2D eigenvalue weighted by atomic mass is 10.1. The Morgan fingerprint density at radius 2 is 1.83 bits per heavy atom. The molecule has 3 heterocycles. The van der Waals surface area contributed by atoms with Gasteiger partial charge in [-0.2, -0.15) is 0 Å². The summed E-state index contributed by atoms with van der Waals surface area (Å²) < 4.78 is 13.1. The third-order valence-corrected chi connectivity index (χ3v) is 6.33. The van der Waals surface area contributed by atoms with Crippen LogP contribution in [0.5, 0.6) is 0 Å². The molecule has 2 atom stereocenters. The number of hydrogen-bond donors (Lipinski definition) is 1. The standard InChI is InChI=1S/C21H24FN5OS/c1-14(16-3-5-17(22)6-4-16)25-20(28)15(2)26-8-10-27(11-9-26)19-18-7-12-29-21(18)24-13-23-19/h3-7,12-15H,8-11H2,1-2H3,(H,25,28). The molecule has 1 aliphatic rings. The van der Waals surface area contributed by atoms with Crippen LogP contribution in [-0.4, -0.2) is 53.0 Å². The van der Waals surface area contributed by atoms with Crippen LogP contribution in [0, 0.1) is 5.82 Å². The van der Waals surface area contributed by atoms with Crippen LogP contribution in [0.1, 0.15) is 25.5 Å². The predicted octanol–water partition coefficient (Wildman–Crippen LogP) is 3.22. The normalized spacial score (nSPS) is 17.3. The van der Waals surface area contributed by atoms with Crippen molar-refractivity contribution in [3.05, 3.63) is 53.4 Å². The van der Waals surface area contributed by atoms with Crippen LogP contribution in [0.3, 0.4) is 0 Å². The average molecular weight is 414 g/mol. The number of anilines is 1. The van der Waals surface area contributed by atoms with E-state index in [1.807, 2.05) is 19.2 Å². The summed E-state index contributed by atoms with van der Waals surface area (Å²) in [6, 6.07) is 7.91. The van der Waals surface area contributed by atoms with E-state index < -0.39 is 0 Å². The minimum Gasteiger partial charge on any atom is -0.353 e. The van der Waals surface area contributed by atoms with Gasteiger partial charge in [-0.1, -0.05) is 12.1 Å². The third kappa shape index (κ3) is 4.23. The van der Waals surface area contributed by atoms with E-state index in [-0.39, 0.29) is 23.8 Å². The Morgan fingerprint density at radius 1 is 1.10 bits per heavy atom. The molecule has 152 valence electrons. The van der Waals surface area contributed by atoms with Gasteiger partial charge in [-0.3, -0.25) is 9.69 Å². The highest BCUT2D eigenvalue weighted by atomic mass is 32.1. The van der Waals surface area contributed by atoms with Crippen molar-refractivity contribution in [1.82, 2.24) is 20.2 Å². The highest BCUT2D eigenvalue weighted by molar-refractivity contribution is 7.16. The number of amides is 1. The van der Waals surface area contributed by atoms with Gasteiger partial charge in [0.05, 0.1) is 17.5 Å². The Hall–Kier alpha value is -2.58. The van der Waals surface area contributed by atoms with Crippen LogP contribution in [0.25, 0.3) is 10.2 Å². The van der Waals surface area contributed by atoms with Gasteiger partial charge >= 0.3 is 0 Å². The largest absolute Gasteiger partial charge is 0.353 e. The molecule has 1 aromatic carbocycles. The van der Waals surface area contributed by atoms with Crippen molar-refractivity contribution in [3.63, 3.8) is 0 Å². The first kappa shape index (κ1) is 19.7. The summed E-state index contributed by atoms with van der Waals surface area (Å²) in [6.07, 6.45) is 1.62. The molecule has 29 heavy (non-hydrogen) atoms. The van der Waals surface area contributed by atoms with Crippen molar-refractivity contribution in [2.45, 2.75) is 25.9 Å². The molecule has 1 amide bonds. The van der Waals surface area contributed by atoms with Crippen molar-refractivity contribution in [2.75, 3.05) is 31.1 Å². The van der Waals surface area contributed by atoms with Gasteiger partial charge in [-0.25, -0.2) is 14.4 Å². The summed E-state index contributed by atoms with van der Waals surface area (Å²) in [6.45, 7) is 7.05. The molecule has 6 nitrogen and oxygen atoms in total. The number of rotatable bonds is 5. The van der Waals surface area contributed by atoms with E-state index in [0.717, 1.165) is 47.8 Å². The lowest BCUT2D eigenvalue weighted by molar-refractivity contribution is -0.126. The topological polar surface area (TPSA) is 61.4 Å². The van der Waals surface area contributed by atoms with E-state index in [9.17, 15) is 9.18 Å². The third-order valence-electron chi connectivity index (χ3n) is 5.51. The molecule has 1 N–H and O–H groups in total. The van der Waals surface area contributed by atoms with E-state index in [2.05, 4.69) is 31.2 Å². The summed E-state index contributed by atoms with van der Waals surface area (Å²) in [5.74, 6) is 0.678. The Labute approximate surface area is 173 Å². The van der Waals surface area contributed by atoms with E-state index in [1.165, 1.54) is 12.1 Å². The van der Waals surface area contributed by atoms with Gasteiger partial charge in [0, 0.05) is 26.2 Å². The van der Waals surface area contributed by atoms with Crippen LogP contribution in [0.2, 0.25) is 0 Å². The first-order chi connectivity index (χ1) is 14.0. The van der Waals surface area contributed by atoms with Gasteiger partial charge in [0.1, 0.15) is 22.8 Å². The number of thiophene rings is 1. The monoisotopic (exact) mass is 413 g/mol. The zero-order valence-electron chi connectivity index (χ0n) is 16.5. The van der Waals surface area contributed by atoms with Crippen molar-refractivity contribution in [2.24, 2.45) is 0 Å². The van der Waals surface area contributed by atoms with Crippen LogP contribution in [-0.2, 0) is 4.79 Å². The first-order valence-corrected chi connectivity index (χ1v) is 10.6. The zero-order valence-corrected chi connectivity index (χ0v) is 17.3. The van der Waals surface area contributed by atoms with Crippen molar-refractivity contribution >= 4 is 33.3 Å². The molecule has 2 unspecified atom stereocenters. The van der Waals surface area contributed by atoms with Crippen molar-refractivity contribution in [3.8, 4) is 0 Å². The van der Waals surface area contributed by atoms with E-state index in [4.69, 9.17) is 0 Å². The molecule has 0 saturated carbocycles. The van der Waals surface area contributed by atoms with Gasteiger partial charge in [-0.05, 0) is 43.0 Å². The number of nitrogens with zero attached hydrogens (tertiary/aromatic N) is 4. The second-order valence-electron chi connectivity index (χ2n) is 7.32. The van der Waals surface area contributed by atoms with Crippen LogP contribution >= 0.6 is 11.3 Å². The Kier molecular flexibility index (Phi) is 5.73. The molecule has 1 saturated heterocycles. The predicted molar refractivity (Wildman–Crippen MR) is 114 cm³/mol. The van der Waals surface area contributed by atoms with Crippen molar-refractivity contribution in [1.29, 1.82) is 0 Å². The van der Waals surface area contributed by atoms with E-state index in [0.29, 0.717) is 0 Å². The number of nitrogens with one attached hydrogen (secondary N) is 1. The molecule has 2 aromatic heterocycles. The zero-order chi connectivity index (χ0) is 20.4. The van der Waals surface area contributed by atoms with Crippen LogP contribution in [0.4, 0.5) is 10.2 Å². The highest BCUT2D eigenvalue weighted by Crippen LogP contribution is 2.27. The number of carbonyl (C=O) groups excluding carboxylic acids is 1. The maximum Gasteiger partial charge on any atom is 0.237 e. The number of carbonyl (C=O) groups is 1. The second kappa shape index (κ2) is 8.42. The quantitative estimate of drug-likeness (QED) is 0.696. The Morgan fingerprint density at radius 3 is 2.55 bits per heavy atom. The molecule has 0 radical (unpaired) electrons. The molecule has 4 rings (SSSR count). The van der Waals surface area contributed by atoms with Crippen molar-refractivity contribution < 1.29 is 9.18 Å². The smallest absolute Gasteiger partial charge is 0.237 e. The van der Waals surface area contributed by atoms with E-state index >= 15 is 0 Å². The summed E-state index contributed by atoms with van der Waals surface area (Å²) >= 11 is 1.62. The molecule has 0 bridgehead atoms. The average Bonchev–Trinajstić information content (AvgIpc) is 3.22. The number of piperazine rings is 1. The second-order valence-corrected chi connectivity index (χ2v) is 8.21. The summed E-state index contributed by atoms with van der Waals surface area (Å²) in [4.78, 5) is 27.0. The Bertz CT molecular complexity index is 984. The minimum atomic E-state index is -0.276. The fraction of sp³-hybridized carbons (Fsp3) is 0.381.